The number of carbonyl (C=O) groups is 1. The average Bonchev–Trinajstić information content (AvgIpc) is 3.49. The first-order chi connectivity index (χ1) is 12.7. The molecule has 2 aromatic rings. The zero-order valence-electron chi connectivity index (χ0n) is 14.7. The third-order valence-corrected chi connectivity index (χ3v) is 5.43. The highest BCUT2D eigenvalue weighted by atomic mass is 19.1. The molecule has 1 unspecified atom stereocenters. The van der Waals surface area contributed by atoms with Crippen LogP contribution in [0.3, 0.4) is 0 Å². The fraction of sp³-hybridized carbons (Fsp3) is 0.429. The van der Waals surface area contributed by atoms with Crippen LogP contribution in [-0.2, 0) is 21.6 Å². The van der Waals surface area contributed by atoms with Crippen molar-refractivity contribution in [3.8, 4) is 0 Å². The van der Waals surface area contributed by atoms with Crippen molar-refractivity contribution < 1.29 is 13.9 Å². The van der Waals surface area contributed by atoms with Crippen molar-refractivity contribution in [3.05, 3.63) is 65.7 Å². The van der Waals surface area contributed by atoms with Crippen molar-refractivity contribution in [2.45, 2.75) is 43.8 Å². The van der Waals surface area contributed by atoms with Gasteiger partial charge in [-0.15, -0.1) is 0 Å². The summed E-state index contributed by atoms with van der Waals surface area (Å²) in [5.74, 6) is -0.0994. The van der Waals surface area contributed by atoms with E-state index in [1.807, 2.05) is 17.0 Å². The number of nitrogens with zero attached hydrogens (tertiary/aromatic N) is 2. The number of rotatable bonds is 5. The molecule has 0 radical (unpaired) electrons. The van der Waals surface area contributed by atoms with Gasteiger partial charge in [0.15, 0.2) is 0 Å². The molecule has 1 aromatic heterocycles. The van der Waals surface area contributed by atoms with Gasteiger partial charge in [0.25, 0.3) is 0 Å². The Labute approximate surface area is 153 Å². The third kappa shape index (κ3) is 3.49. The molecular weight excluding hydrogens is 331 g/mol. The van der Waals surface area contributed by atoms with Crippen LogP contribution in [0, 0.1) is 5.82 Å². The van der Waals surface area contributed by atoms with Crippen molar-refractivity contribution >= 4 is 5.91 Å². The Hall–Kier alpha value is -2.27. The van der Waals surface area contributed by atoms with Crippen molar-refractivity contribution in [1.29, 1.82) is 0 Å². The zero-order valence-corrected chi connectivity index (χ0v) is 14.7. The van der Waals surface area contributed by atoms with Crippen molar-refractivity contribution in [3.63, 3.8) is 0 Å². The second-order valence-electron chi connectivity index (χ2n) is 7.28. The maximum Gasteiger partial charge on any atom is 0.233 e. The summed E-state index contributed by atoms with van der Waals surface area (Å²) in [5.41, 5.74) is 1.53. The monoisotopic (exact) mass is 354 g/mol. The molecule has 26 heavy (non-hydrogen) atoms. The number of benzene rings is 1. The van der Waals surface area contributed by atoms with Crippen LogP contribution in [0.5, 0.6) is 0 Å². The van der Waals surface area contributed by atoms with Gasteiger partial charge in [-0.05, 0) is 55.0 Å². The van der Waals surface area contributed by atoms with Gasteiger partial charge < -0.3 is 9.64 Å². The van der Waals surface area contributed by atoms with Gasteiger partial charge in [-0.2, -0.15) is 0 Å². The Morgan fingerprint density at radius 3 is 2.77 bits per heavy atom. The first kappa shape index (κ1) is 17.2. The van der Waals surface area contributed by atoms with Gasteiger partial charge in [-0.3, -0.25) is 9.78 Å². The van der Waals surface area contributed by atoms with E-state index in [0.717, 1.165) is 43.4 Å². The van der Waals surface area contributed by atoms with Gasteiger partial charge >= 0.3 is 0 Å². The summed E-state index contributed by atoms with van der Waals surface area (Å²) in [6.45, 7) is 1.92. The lowest BCUT2D eigenvalue weighted by molar-refractivity contribution is -0.138. The molecule has 136 valence electrons. The molecule has 1 aromatic carbocycles. The van der Waals surface area contributed by atoms with Crippen LogP contribution in [0.1, 0.15) is 36.8 Å². The molecule has 1 amide bonds. The van der Waals surface area contributed by atoms with E-state index in [4.69, 9.17) is 4.74 Å². The summed E-state index contributed by atoms with van der Waals surface area (Å²) in [4.78, 5) is 19.2. The van der Waals surface area contributed by atoms with Gasteiger partial charge in [-0.25, -0.2) is 4.39 Å². The molecule has 0 N–H and O–H groups in total. The van der Waals surface area contributed by atoms with Crippen molar-refractivity contribution in [2.75, 3.05) is 13.1 Å². The number of hydrogen-bond acceptors (Lipinski definition) is 3. The number of aromatic nitrogens is 1. The summed E-state index contributed by atoms with van der Waals surface area (Å²) in [5, 5.41) is 0. The summed E-state index contributed by atoms with van der Waals surface area (Å²) >= 11 is 0. The lowest BCUT2D eigenvalue weighted by Gasteiger charge is -2.35. The van der Waals surface area contributed by atoms with E-state index in [1.165, 1.54) is 12.1 Å². The molecule has 1 aliphatic heterocycles. The van der Waals surface area contributed by atoms with Gasteiger partial charge in [0.1, 0.15) is 5.82 Å². The highest BCUT2D eigenvalue weighted by molar-refractivity contribution is 5.91. The highest BCUT2D eigenvalue weighted by Crippen LogP contribution is 2.50. The average molecular weight is 354 g/mol. The van der Waals surface area contributed by atoms with E-state index in [1.54, 1.807) is 24.5 Å². The van der Waals surface area contributed by atoms with Crippen molar-refractivity contribution in [1.82, 2.24) is 9.88 Å². The topological polar surface area (TPSA) is 42.4 Å². The Kier molecular flexibility index (Phi) is 4.72. The number of pyridine rings is 1. The van der Waals surface area contributed by atoms with Crippen LogP contribution < -0.4 is 0 Å². The maximum absolute atomic E-state index is 13.2. The summed E-state index contributed by atoms with van der Waals surface area (Å²) in [6, 6.07) is 10.3. The van der Waals surface area contributed by atoms with Crippen molar-refractivity contribution in [2.24, 2.45) is 0 Å². The van der Waals surface area contributed by atoms with Gasteiger partial charge in [0.2, 0.25) is 5.91 Å². The standard InChI is InChI=1S/C21H23FN2O2/c22-18-7-5-17(6-8-18)21(9-10-21)20(25)24-12-2-4-19(14-24)26-15-16-3-1-11-23-13-16/h1,3,5-8,11,13,19H,2,4,9-10,12,14-15H2. The fourth-order valence-electron chi connectivity index (χ4n) is 3.78. The molecule has 1 aliphatic carbocycles. The van der Waals surface area contributed by atoms with E-state index < -0.39 is 5.41 Å². The van der Waals surface area contributed by atoms with Gasteiger partial charge in [-0.1, -0.05) is 18.2 Å². The third-order valence-electron chi connectivity index (χ3n) is 5.43. The largest absolute Gasteiger partial charge is 0.372 e. The van der Waals surface area contributed by atoms with Crippen LogP contribution in [0.2, 0.25) is 0 Å². The molecular formula is C21H23FN2O2. The summed E-state index contributed by atoms with van der Waals surface area (Å²) in [7, 11) is 0. The first-order valence-electron chi connectivity index (χ1n) is 9.23. The smallest absolute Gasteiger partial charge is 0.233 e. The molecule has 0 bridgehead atoms. The van der Waals surface area contributed by atoms with Crippen LogP contribution >= 0.6 is 0 Å². The Morgan fingerprint density at radius 1 is 1.27 bits per heavy atom. The molecule has 2 fully saturated rings. The molecule has 0 spiro atoms. The molecule has 1 saturated carbocycles. The van der Waals surface area contributed by atoms with E-state index in [2.05, 4.69) is 4.98 Å². The lowest BCUT2D eigenvalue weighted by Crippen LogP contribution is -2.47. The van der Waals surface area contributed by atoms with Crippen LogP contribution in [-0.4, -0.2) is 35.0 Å². The number of carbonyl (C=O) groups excluding carboxylic acids is 1. The Bertz CT molecular complexity index is 759. The molecule has 4 rings (SSSR count). The van der Waals surface area contributed by atoms with E-state index in [9.17, 15) is 9.18 Å². The second-order valence-corrected chi connectivity index (χ2v) is 7.28. The number of ether oxygens (including phenoxy) is 1. The molecule has 2 aliphatic rings. The number of amides is 1. The van der Waals surface area contributed by atoms with Gasteiger partial charge in [0.05, 0.1) is 18.1 Å². The zero-order chi connectivity index (χ0) is 18.0. The fourth-order valence-corrected chi connectivity index (χ4v) is 3.78. The van der Waals surface area contributed by atoms with E-state index in [-0.39, 0.29) is 17.8 Å². The van der Waals surface area contributed by atoms with Crippen LogP contribution in [0.4, 0.5) is 4.39 Å². The molecule has 2 heterocycles. The lowest BCUT2D eigenvalue weighted by atomic mass is 9.93. The van der Waals surface area contributed by atoms with Crippen LogP contribution in [0.25, 0.3) is 0 Å². The maximum atomic E-state index is 13.2. The molecule has 5 heteroatoms. The minimum absolute atomic E-state index is 0.0527. The number of halogens is 1. The quantitative estimate of drug-likeness (QED) is 0.826. The van der Waals surface area contributed by atoms with Crippen LogP contribution in [0.15, 0.2) is 48.8 Å². The number of likely N-dealkylation sites (tertiary alicyclic amines) is 1. The van der Waals surface area contributed by atoms with E-state index in [0.29, 0.717) is 13.2 Å². The molecule has 1 saturated heterocycles. The summed E-state index contributed by atoms with van der Waals surface area (Å²) in [6.07, 6.45) is 7.20. The second kappa shape index (κ2) is 7.16. The molecule has 4 nitrogen and oxygen atoms in total. The number of piperidine rings is 1. The normalized spacial score (nSPS) is 21.4. The summed E-state index contributed by atoms with van der Waals surface area (Å²) < 4.78 is 19.2. The molecule has 1 atom stereocenters. The Morgan fingerprint density at radius 2 is 2.08 bits per heavy atom. The minimum Gasteiger partial charge on any atom is -0.372 e. The van der Waals surface area contributed by atoms with E-state index >= 15 is 0 Å². The first-order valence-corrected chi connectivity index (χ1v) is 9.23. The predicted octanol–water partition coefficient (Wildman–Crippen LogP) is 3.46. The minimum atomic E-state index is -0.445. The highest BCUT2D eigenvalue weighted by Gasteiger charge is 2.53. The number of hydrogen-bond donors (Lipinski definition) is 0. The predicted molar refractivity (Wildman–Crippen MR) is 95.9 cm³/mol. The van der Waals surface area contributed by atoms with Gasteiger partial charge in [0, 0.05) is 25.5 Å². The Balaban J connectivity index is 1.39. The SMILES string of the molecule is O=C(N1CCCC(OCc2cccnc2)C1)C1(c2ccc(F)cc2)CC1.